The number of benzene rings is 1. The van der Waals surface area contributed by atoms with Crippen molar-refractivity contribution in [1.82, 2.24) is 23.5 Å². The molecule has 0 spiro atoms. The molecule has 0 unspecified atom stereocenters. The van der Waals surface area contributed by atoms with Gasteiger partial charge in [0.1, 0.15) is 5.75 Å². The Morgan fingerprint density at radius 3 is 2.55 bits per heavy atom. The highest BCUT2D eigenvalue weighted by Crippen LogP contribution is 2.20. The van der Waals surface area contributed by atoms with Gasteiger partial charge in [0.2, 0.25) is 5.78 Å². The zero-order valence-corrected chi connectivity index (χ0v) is 16.9. The third-order valence-corrected chi connectivity index (χ3v) is 5.23. The molecular weight excluding hydrogens is 372 g/mol. The quantitative estimate of drug-likeness (QED) is 0.518. The van der Waals surface area contributed by atoms with E-state index in [1.807, 2.05) is 49.4 Å². The fourth-order valence-corrected chi connectivity index (χ4v) is 3.59. The maximum atomic E-state index is 12.4. The number of aromatic nitrogens is 5. The topological polar surface area (TPSA) is 98.4 Å². The molecule has 0 aliphatic carbocycles. The lowest BCUT2D eigenvalue weighted by Gasteiger charge is -2.10. The summed E-state index contributed by atoms with van der Waals surface area (Å²) < 4.78 is 10.7. The van der Waals surface area contributed by atoms with Gasteiger partial charge in [-0.15, -0.1) is 0 Å². The third kappa shape index (κ3) is 3.08. The number of nitrogens with one attached hydrogen (secondary N) is 2. The van der Waals surface area contributed by atoms with Crippen molar-refractivity contribution in [2.45, 2.75) is 27.3 Å². The van der Waals surface area contributed by atoms with E-state index in [-0.39, 0.29) is 0 Å². The Morgan fingerprint density at radius 2 is 1.86 bits per heavy atom. The Labute approximate surface area is 166 Å². The van der Waals surface area contributed by atoms with Gasteiger partial charge in [-0.2, -0.15) is 4.98 Å². The van der Waals surface area contributed by atoms with Crippen LogP contribution in [0.15, 0.2) is 33.9 Å². The summed E-state index contributed by atoms with van der Waals surface area (Å²) in [5.41, 5.74) is 2.82. The van der Waals surface area contributed by atoms with Crippen molar-refractivity contribution in [2.75, 3.05) is 18.5 Å². The summed E-state index contributed by atoms with van der Waals surface area (Å²) in [6, 6.07) is 7.83. The summed E-state index contributed by atoms with van der Waals surface area (Å²) in [4.78, 5) is 31.3. The minimum atomic E-state index is -0.471. The van der Waals surface area contributed by atoms with Crippen LogP contribution in [-0.2, 0) is 13.6 Å². The van der Waals surface area contributed by atoms with E-state index in [1.165, 1.54) is 4.57 Å². The molecule has 152 valence electrons. The number of ether oxygens (including phenoxy) is 1. The highest BCUT2D eigenvalue weighted by Gasteiger charge is 2.20. The van der Waals surface area contributed by atoms with Gasteiger partial charge in [0.25, 0.3) is 5.56 Å². The van der Waals surface area contributed by atoms with Gasteiger partial charge in [0.15, 0.2) is 11.2 Å². The number of hydrogen-bond donors (Lipinski definition) is 2. The maximum Gasteiger partial charge on any atom is 0.329 e. The minimum absolute atomic E-state index is 0.380. The summed E-state index contributed by atoms with van der Waals surface area (Å²) >= 11 is 0. The first kappa shape index (κ1) is 18.9. The van der Waals surface area contributed by atoms with E-state index in [0.717, 1.165) is 22.8 Å². The van der Waals surface area contributed by atoms with Crippen LogP contribution in [0.3, 0.4) is 0 Å². The largest absolute Gasteiger partial charge is 0.494 e. The van der Waals surface area contributed by atoms with E-state index in [2.05, 4.69) is 19.9 Å². The number of imidazole rings is 2. The van der Waals surface area contributed by atoms with Gasteiger partial charge in [0, 0.05) is 37.2 Å². The second kappa shape index (κ2) is 7.16. The number of aromatic amines is 1. The van der Waals surface area contributed by atoms with Crippen molar-refractivity contribution in [2.24, 2.45) is 7.05 Å². The lowest BCUT2D eigenvalue weighted by atomic mass is 10.3. The summed E-state index contributed by atoms with van der Waals surface area (Å²) in [6.45, 7) is 7.89. The molecule has 1 aromatic carbocycles. The van der Waals surface area contributed by atoms with Crippen molar-refractivity contribution >= 4 is 22.6 Å². The van der Waals surface area contributed by atoms with Crippen LogP contribution in [0.5, 0.6) is 5.75 Å². The van der Waals surface area contributed by atoms with Crippen LogP contribution in [0.2, 0.25) is 0 Å². The van der Waals surface area contributed by atoms with Crippen molar-refractivity contribution in [3.05, 3.63) is 56.5 Å². The Balaban J connectivity index is 1.65. The van der Waals surface area contributed by atoms with Gasteiger partial charge >= 0.3 is 5.69 Å². The SMILES string of the molecule is CCOc1ccc(NCCn2c(C)c(C)n3c4c(=O)[nH]c(=O)n(C)c4nc23)cc1. The number of aryl methyl sites for hydroxylation is 2. The number of rotatable bonds is 6. The Bertz CT molecular complexity index is 1310. The molecule has 4 rings (SSSR count). The average molecular weight is 396 g/mol. The van der Waals surface area contributed by atoms with Crippen LogP contribution in [-0.4, -0.2) is 36.7 Å². The molecule has 0 amide bonds. The average Bonchev–Trinajstić information content (AvgIpc) is 3.20. The fourth-order valence-electron chi connectivity index (χ4n) is 3.59. The first-order chi connectivity index (χ1) is 13.9. The molecule has 0 atom stereocenters. The minimum Gasteiger partial charge on any atom is -0.494 e. The van der Waals surface area contributed by atoms with Gasteiger partial charge in [-0.25, -0.2) is 4.79 Å². The maximum absolute atomic E-state index is 12.4. The molecule has 0 fully saturated rings. The Hall–Kier alpha value is -3.49. The molecule has 29 heavy (non-hydrogen) atoms. The molecule has 9 nitrogen and oxygen atoms in total. The van der Waals surface area contributed by atoms with E-state index in [0.29, 0.717) is 36.6 Å². The number of H-pyrrole nitrogens is 1. The molecule has 0 saturated carbocycles. The van der Waals surface area contributed by atoms with Crippen molar-refractivity contribution < 1.29 is 4.74 Å². The summed E-state index contributed by atoms with van der Waals surface area (Å²) in [7, 11) is 1.60. The standard InChI is InChI=1S/C20H24N6O3/c1-5-29-15-8-6-14(7-9-15)21-10-11-25-12(2)13(3)26-16-17(22-19(25)26)24(4)20(28)23-18(16)27/h6-9,21H,5,10-11H2,1-4H3,(H,23,27,28). The summed E-state index contributed by atoms with van der Waals surface area (Å²) in [6.07, 6.45) is 0. The van der Waals surface area contributed by atoms with Crippen LogP contribution >= 0.6 is 0 Å². The van der Waals surface area contributed by atoms with Crippen LogP contribution in [0, 0.1) is 13.8 Å². The molecule has 0 bridgehead atoms. The second-order valence-electron chi connectivity index (χ2n) is 6.94. The molecule has 0 radical (unpaired) electrons. The molecule has 0 saturated heterocycles. The highest BCUT2D eigenvalue weighted by atomic mass is 16.5. The van der Waals surface area contributed by atoms with E-state index in [9.17, 15) is 9.59 Å². The monoisotopic (exact) mass is 396 g/mol. The normalized spacial score (nSPS) is 11.4. The molecule has 0 aliphatic rings. The van der Waals surface area contributed by atoms with E-state index in [1.54, 1.807) is 7.05 Å². The van der Waals surface area contributed by atoms with Gasteiger partial charge in [-0.1, -0.05) is 0 Å². The van der Waals surface area contributed by atoms with E-state index in [4.69, 9.17) is 4.74 Å². The van der Waals surface area contributed by atoms with Crippen LogP contribution < -0.4 is 21.3 Å². The predicted molar refractivity (Wildman–Crippen MR) is 112 cm³/mol. The molecule has 3 aromatic heterocycles. The van der Waals surface area contributed by atoms with Crippen LogP contribution in [0.4, 0.5) is 5.69 Å². The van der Waals surface area contributed by atoms with Crippen molar-refractivity contribution in [3.63, 3.8) is 0 Å². The Morgan fingerprint density at radius 1 is 1.14 bits per heavy atom. The van der Waals surface area contributed by atoms with Gasteiger partial charge in [0.05, 0.1) is 6.61 Å². The number of hydrogen-bond acceptors (Lipinski definition) is 5. The first-order valence-corrected chi connectivity index (χ1v) is 9.56. The van der Waals surface area contributed by atoms with E-state index < -0.39 is 11.2 Å². The third-order valence-electron chi connectivity index (χ3n) is 5.23. The fraction of sp³-hybridized carbons (Fsp3) is 0.350. The Kier molecular flexibility index (Phi) is 4.65. The lowest BCUT2D eigenvalue weighted by Crippen LogP contribution is -2.28. The highest BCUT2D eigenvalue weighted by molar-refractivity contribution is 5.76. The first-order valence-electron chi connectivity index (χ1n) is 9.56. The molecule has 0 aliphatic heterocycles. The van der Waals surface area contributed by atoms with Gasteiger partial charge in [-0.3, -0.25) is 18.7 Å². The smallest absolute Gasteiger partial charge is 0.329 e. The molecular formula is C20H24N6O3. The van der Waals surface area contributed by atoms with Crippen LogP contribution in [0.1, 0.15) is 18.3 Å². The predicted octanol–water partition coefficient (Wildman–Crippen LogP) is 1.80. The molecule has 3 heterocycles. The zero-order chi connectivity index (χ0) is 20.7. The molecule has 2 N–H and O–H groups in total. The summed E-state index contributed by atoms with van der Waals surface area (Å²) in [5.74, 6) is 1.49. The number of fused-ring (bicyclic) bond motifs is 3. The van der Waals surface area contributed by atoms with Gasteiger partial charge in [-0.05, 0) is 45.0 Å². The molecule has 9 heteroatoms. The van der Waals surface area contributed by atoms with Crippen LogP contribution in [0.25, 0.3) is 16.9 Å². The summed E-state index contributed by atoms with van der Waals surface area (Å²) in [5, 5.41) is 3.39. The molecule has 4 aromatic rings. The van der Waals surface area contributed by atoms with E-state index >= 15 is 0 Å². The van der Waals surface area contributed by atoms with Crippen molar-refractivity contribution in [1.29, 1.82) is 0 Å². The lowest BCUT2D eigenvalue weighted by molar-refractivity contribution is 0.340. The zero-order valence-electron chi connectivity index (χ0n) is 16.9. The van der Waals surface area contributed by atoms with Crippen molar-refractivity contribution in [3.8, 4) is 5.75 Å². The number of nitrogens with zero attached hydrogens (tertiary/aromatic N) is 4. The van der Waals surface area contributed by atoms with Gasteiger partial charge < -0.3 is 14.6 Å². The number of anilines is 1. The second-order valence-corrected chi connectivity index (χ2v) is 6.94.